The van der Waals surface area contributed by atoms with Gasteiger partial charge in [-0.15, -0.1) is 11.3 Å². The van der Waals surface area contributed by atoms with Gasteiger partial charge in [-0.25, -0.2) is 9.78 Å². The first-order valence-electron chi connectivity index (χ1n) is 12.0. The van der Waals surface area contributed by atoms with Crippen LogP contribution in [0.25, 0.3) is 21.7 Å². The van der Waals surface area contributed by atoms with E-state index in [9.17, 15) is 4.79 Å². The fourth-order valence-corrected chi connectivity index (χ4v) is 5.63. The monoisotopic (exact) mass is 556 g/mol. The van der Waals surface area contributed by atoms with Gasteiger partial charge in [0.1, 0.15) is 16.4 Å². The van der Waals surface area contributed by atoms with Gasteiger partial charge in [-0.3, -0.25) is 0 Å². The molecule has 7 heteroatoms. The van der Waals surface area contributed by atoms with Gasteiger partial charge in [-0.2, -0.15) is 0 Å². The molecule has 0 saturated carbocycles. The number of aromatic nitrogens is 1. The number of alkyl halides is 1. The van der Waals surface area contributed by atoms with E-state index in [4.69, 9.17) is 14.5 Å². The average molecular weight is 558 g/mol. The summed E-state index contributed by atoms with van der Waals surface area (Å²) in [6, 6.07) is 12.7. The summed E-state index contributed by atoms with van der Waals surface area (Å²) in [4.78, 5) is 20.5. The van der Waals surface area contributed by atoms with Crippen molar-refractivity contribution in [3.05, 3.63) is 58.1 Å². The number of rotatable bonds is 6. The Balaban J connectivity index is 1.61. The third kappa shape index (κ3) is 5.89. The average Bonchev–Trinajstić information content (AvgIpc) is 3.23. The molecule has 35 heavy (non-hydrogen) atoms. The van der Waals surface area contributed by atoms with Crippen LogP contribution in [0.15, 0.2) is 36.4 Å². The zero-order chi connectivity index (χ0) is 25.2. The van der Waals surface area contributed by atoms with Gasteiger partial charge in [0.2, 0.25) is 0 Å². The Hall–Kier alpha value is -2.38. The van der Waals surface area contributed by atoms with Crippen molar-refractivity contribution in [2.24, 2.45) is 0 Å². The van der Waals surface area contributed by atoms with E-state index in [-0.39, 0.29) is 6.09 Å². The van der Waals surface area contributed by atoms with E-state index in [1.54, 1.807) is 16.2 Å². The molecule has 0 spiro atoms. The maximum absolute atomic E-state index is 12.6. The van der Waals surface area contributed by atoms with E-state index in [1.807, 2.05) is 26.8 Å². The number of nitrogens with zero attached hydrogens (tertiary/aromatic N) is 2. The lowest BCUT2D eigenvalue weighted by molar-refractivity contribution is 0.0222. The highest BCUT2D eigenvalue weighted by Gasteiger charge is 2.28. The molecular formula is C28H33BrN2O3S. The number of amides is 1. The Labute approximate surface area is 220 Å². The van der Waals surface area contributed by atoms with Crippen LogP contribution in [0.4, 0.5) is 4.79 Å². The summed E-state index contributed by atoms with van der Waals surface area (Å²) < 4.78 is 11.6. The van der Waals surface area contributed by atoms with Gasteiger partial charge in [0.05, 0.1) is 18.8 Å². The summed E-state index contributed by atoms with van der Waals surface area (Å²) in [7, 11) is 0. The summed E-state index contributed by atoms with van der Waals surface area (Å²) >= 11 is 5.20. The molecule has 0 unspecified atom stereocenters. The highest BCUT2D eigenvalue weighted by molar-refractivity contribution is 9.09. The van der Waals surface area contributed by atoms with Gasteiger partial charge in [-0.1, -0.05) is 46.3 Å². The molecule has 0 radical (unpaired) electrons. The second-order valence-electron chi connectivity index (χ2n) is 9.84. The summed E-state index contributed by atoms with van der Waals surface area (Å²) in [5.74, 6) is 0.931. The zero-order valence-corrected chi connectivity index (χ0v) is 23.5. The summed E-state index contributed by atoms with van der Waals surface area (Å²) in [5, 5.41) is 1.93. The maximum Gasteiger partial charge on any atom is 0.410 e. The molecule has 0 atom stereocenters. The summed E-state index contributed by atoms with van der Waals surface area (Å²) in [6.07, 6.45) is 1.50. The zero-order valence-electron chi connectivity index (χ0n) is 21.1. The van der Waals surface area contributed by atoms with Crippen LogP contribution in [0, 0.1) is 13.8 Å². The Kier molecular flexibility index (Phi) is 7.86. The predicted octanol–water partition coefficient (Wildman–Crippen LogP) is 7.55. The van der Waals surface area contributed by atoms with Crippen LogP contribution in [0.3, 0.4) is 0 Å². The van der Waals surface area contributed by atoms with Gasteiger partial charge in [0, 0.05) is 28.7 Å². The number of carbonyl (C=O) groups is 1. The van der Waals surface area contributed by atoms with Gasteiger partial charge < -0.3 is 14.4 Å². The smallest absolute Gasteiger partial charge is 0.410 e. The minimum atomic E-state index is -0.503. The van der Waals surface area contributed by atoms with Crippen molar-refractivity contribution in [1.82, 2.24) is 9.88 Å². The lowest BCUT2D eigenvalue weighted by Gasteiger charge is -2.29. The number of carbonyl (C=O) groups excluding carboxylic acids is 1. The molecular weight excluding hydrogens is 524 g/mol. The minimum absolute atomic E-state index is 0.274. The molecule has 186 valence electrons. The van der Waals surface area contributed by atoms with Crippen molar-refractivity contribution in [3.63, 3.8) is 0 Å². The number of fused-ring (bicyclic) bond motifs is 1. The number of hydrogen-bond acceptors (Lipinski definition) is 5. The topological polar surface area (TPSA) is 51.7 Å². The van der Waals surface area contributed by atoms with E-state index in [0.717, 1.165) is 45.7 Å². The molecule has 5 nitrogen and oxygen atoms in total. The van der Waals surface area contributed by atoms with Crippen LogP contribution >= 0.6 is 27.3 Å². The number of hydrogen-bond donors (Lipinski definition) is 0. The van der Waals surface area contributed by atoms with Crippen LogP contribution < -0.4 is 4.74 Å². The van der Waals surface area contributed by atoms with Crippen LogP contribution in [-0.4, -0.2) is 40.1 Å². The van der Waals surface area contributed by atoms with Crippen LogP contribution in [0.5, 0.6) is 5.75 Å². The third-order valence-corrected chi connectivity index (χ3v) is 7.80. The minimum Gasteiger partial charge on any atom is -0.493 e. The molecule has 1 amide bonds. The van der Waals surface area contributed by atoms with Crippen molar-refractivity contribution < 1.29 is 14.3 Å². The largest absolute Gasteiger partial charge is 0.493 e. The van der Waals surface area contributed by atoms with Gasteiger partial charge in [0.25, 0.3) is 0 Å². The molecule has 0 N–H and O–H groups in total. The van der Waals surface area contributed by atoms with E-state index < -0.39 is 5.60 Å². The molecule has 0 saturated heterocycles. The van der Waals surface area contributed by atoms with Crippen molar-refractivity contribution >= 4 is 33.4 Å². The maximum atomic E-state index is 12.6. The number of benzene rings is 2. The van der Waals surface area contributed by atoms with Crippen molar-refractivity contribution in [2.75, 3.05) is 18.5 Å². The first-order valence-corrected chi connectivity index (χ1v) is 14.0. The highest BCUT2D eigenvalue weighted by atomic mass is 79.9. The lowest BCUT2D eigenvalue weighted by Crippen LogP contribution is -2.39. The quantitative estimate of drug-likeness (QED) is 0.232. The fraction of sp³-hybridized carbons (Fsp3) is 0.429. The molecule has 0 aliphatic carbocycles. The van der Waals surface area contributed by atoms with Crippen molar-refractivity contribution in [3.8, 4) is 27.4 Å². The van der Waals surface area contributed by atoms with Gasteiger partial charge >= 0.3 is 6.09 Å². The Morgan fingerprint density at radius 1 is 1.09 bits per heavy atom. The van der Waals surface area contributed by atoms with E-state index in [2.05, 4.69) is 60.1 Å². The molecule has 0 fully saturated rings. The van der Waals surface area contributed by atoms with E-state index in [1.165, 1.54) is 21.6 Å². The fourth-order valence-electron chi connectivity index (χ4n) is 4.25. The highest BCUT2D eigenvalue weighted by Crippen LogP contribution is 2.39. The van der Waals surface area contributed by atoms with Crippen LogP contribution in [0.2, 0.25) is 0 Å². The summed E-state index contributed by atoms with van der Waals surface area (Å²) in [6.45, 7) is 11.8. The van der Waals surface area contributed by atoms with Crippen molar-refractivity contribution in [2.45, 2.75) is 59.6 Å². The predicted molar refractivity (Wildman–Crippen MR) is 147 cm³/mol. The second-order valence-corrected chi connectivity index (χ2v) is 11.7. The number of halogens is 1. The van der Waals surface area contributed by atoms with Gasteiger partial charge in [0.15, 0.2) is 0 Å². The first-order chi connectivity index (χ1) is 16.7. The second kappa shape index (κ2) is 10.7. The SMILES string of the molecule is Cc1c(OCCCBr)cccc1-c1cccc(-c2nc3c(s2)CCN(C(=O)OC(C)(C)C)C3)c1C. The molecule has 2 aromatic carbocycles. The number of thiazole rings is 1. The van der Waals surface area contributed by atoms with E-state index >= 15 is 0 Å². The Bertz CT molecular complexity index is 1220. The summed E-state index contributed by atoms with van der Waals surface area (Å²) in [5.41, 5.74) is 6.32. The molecule has 1 aromatic heterocycles. The Morgan fingerprint density at radius 3 is 2.49 bits per heavy atom. The van der Waals surface area contributed by atoms with Crippen LogP contribution in [0.1, 0.15) is 48.9 Å². The lowest BCUT2D eigenvalue weighted by atomic mass is 9.93. The van der Waals surface area contributed by atoms with Crippen molar-refractivity contribution in [1.29, 1.82) is 0 Å². The third-order valence-electron chi connectivity index (χ3n) is 6.05. The van der Waals surface area contributed by atoms with Crippen LogP contribution in [-0.2, 0) is 17.7 Å². The number of ether oxygens (including phenoxy) is 2. The molecule has 4 rings (SSSR count). The molecule has 2 heterocycles. The molecule has 3 aromatic rings. The molecule has 1 aliphatic rings. The van der Waals surface area contributed by atoms with Gasteiger partial charge in [-0.05, 0) is 69.4 Å². The first kappa shape index (κ1) is 25.7. The molecule has 0 bridgehead atoms. The normalized spacial score (nSPS) is 13.5. The molecule has 1 aliphatic heterocycles. The Morgan fingerprint density at radius 2 is 1.77 bits per heavy atom. The van der Waals surface area contributed by atoms with E-state index in [0.29, 0.717) is 19.7 Å². The standard InChI is InChI=1S/C28H33BrN2O3S/c1-18-20(21-10-7-12-24(19(21)2)33-16-8-14-29)9-6-11-22(18)26-30-23-17-31(15-13-25(23)35-26)27(32)34-28(3,4)5/h6-7,9-12H,8,13-17H2,1-5H3.